The fraction of sp³-hybridized carbons (Fsp3) is 0.0690. The topological polar surface area (TPSA) is 9.86 Å². The molecule has 3 heterocycles. The minimum absolute atomic E-state index is 1.15. The van der Waals surface area contributed by atoms with Gasteiger partial charge in [-0.05, 0) is 131 Å². The van der Waals surface area contributed by atoms with E-state index in [0.29, 0.717) is 0 Å². The molecule has 0 amide bonds. The second kappa shape index (κ2) is 14.5. The van der Waals surface area contributed by atoms with Crippen LogP contribution in [0.5, 0.6) is 0 Å². The van der Waals surface area contributed by atoms with E-state index in [2.05, 4.69) is 216 Å². The Morgan fingerprint density at radius 3 is 1.43 bits per heavy atom. The van der Waals surface area contributed by atoms with E-state index >= 15 is 0 Å². The Kier molecular flexibility index (Phi) is 8.50. The van der Waals surface area contributed by atoms with Crippen molar-refractivity contribution < 1.29 is 0 Å². The van der Waals surface area contributed by atoms with Crippen LogP contribution in [0.15, 0.2) is 200 Å². The van der Waals surface area contributed by atoms with Gasteiger partial charge in [0.15, 0.2) is 0 Å². The largest absolute Gasteiger partial charge is 0.309 e. The van der Waals surface area contributed by atoms with E-state index in [0.717, 1.165) is 17.8 Å². The van der Waals surface area contributed by atoms with Crippen LogP contribution in [-0.2, 0) is 6.42 Å². The Bertz CT molecular complexity index is 3600. The smallest absolute Gasteiger partial charge is 0.0541 e. The van der Waals surface area contributed by atoms with E-state index < -0.39 is 0 Å². The number of hydrogen-bond donors (Lipinski definition) is 0. The third-order valence-electron chi connectivity index (χ3n) is 12.7. The van der Waals surface area contributed by atoms with Crippen molar-refractivity contribution in [2.45, 2.75) is 26.2 Å². The Morgan fingerprint density at radius 1 is 0.344 bits per heavy atom. The first kappa shape index (κ1) is 35.7. The molecule has 0 atom stereocenters. The number of unbranched alkanes of at least 4 members (excludes halogenated alkanes) is 1. The summed E-state index contributed by atoms with van der Waals surface area (Å²) in [6.07, 6.45) is 3.62. The number of aromatic nitrogens is 2. The lowest BCUT2D eigenvalue weighted by Gasteiger charge is -2.11. The number of rotatable bonds is 8. The van der Waals surface area contributed by atoms with Crippen LogP contribution < -0.4 is 0 Å². The van der Waals surface area contributed by atoms with E-state index in [4.69, 9.17) is 0 Å². The molecule has 0 aliphatic carbocycles. The van der Waals surface area contributed by atoms with Gasteiger partial charge in [0.2, 0.25) is 0 Å². The molecule has 0 saturated carbocycles. The molecule has 0 N–H and O–H groups in total. The highest BCUT2D eigenvalue weighted by atomic mass is 32.1. The van der Waals surface area contributed by atoms with Crippen LogP contribution in [0.25, 0.3) is 109 Å². The molecule has 9 aromatic carbocycles. The van der Waals surface area contributed by atoms with E-state index in [9.17, 15) is 0 Å². The summed E-state index contributed by atoms with van der Waals surface area (Å²) in [6.45, 7) is 2.26. The Hall–Kier alpha value is -7.20. The highest BCUT2D eigenvalue weighted by Gasteiger charge is 2.17. The minimum atomic E-state index is 1.15. The third-order valence-corrected chi connectivity index (χ3v) is 13.9. The summed E-state index contributed by atoms with van der Waals surface area (Å²) >= 11 is 1.91. The van der Waals surface area contributed by atoms with Crippen molar-refractivity contribution in [1.82, 2.24) is 9.13 Å². The third kappa shape index (κ3) is 5.99. The number of benzene rings is 9. The average molecular weight is 799 g/mol. The first-order valence-electron chi connectivity index (χ1n) is 21.5. The van der Waals surface area contributed by atoms with Crippen molar-refractivity contribution >= 4 is 75.1 Å². The van der Waals surface area contributed by atoms with E-state index in [1.54, 1.807) is 0 Å². The molecule has 12 aromatic rings. The molecule has 2 nitrogen and oxygen atoms in total. The molecule has 3 heteroatoms. The lowest BCUT2D eigenvalue weighted by atomic mass is 10.0. The Morgan fingerprint density at radius 2 is 0.820 bits per heavy atom. The standard InChI is InChI=1S/C58H42N2S/c1-2-3-11-38-18-30-49-52-37-42(25-33-57(52)61-58(49)34-38)41-21-28-46(29-22-41)60-54-17-10-8-15-48(54)51-36-44(24-32-56(51)60)43-23-31-55-50(35-43)47-14-7-9-16-53(47)59(55)45-26-19-40(20-27-45)39-12-5-4-6-13-39/h4-10,12-37H,2-3,11H2,1H3. The molecule has 0 aliphatic heterocycles. The molecule has 0 unspecified atom stereocenters. The van der Waals surface area contributed by atoms with Gasteiger partial charge in [-0.2, -0.15) is 0 Å². The molecule has 3 aromatic heterocycles. The molecular weight excluding hydrogens is 757 g/mol. The maximum Gasteiger partial charge on any atom is 0.0541 e. The van der Waals surface area contributed by atoms with Crippen molar-refractivity contribution in [3.05, 3.63) is 206 Å². The Labute approximate surface area is 359 Å². The second-order valence-electron chi connectivity index (χ2n) is 16.4. The molecule has 0 aliphatic rings. The van der Waals surface area contributed by atoms with Crippen molar-refractivity contribution in [2.75, 3.05) is 0 Å². The predicted molar refractivity (Wildman–Crippen MR) is 263 cm³/mol. The van der Waals surface area contributed by atoms with Crippen molar-refractivity contribution in [1.29, 1.82) is 0 Å². The number of para-hydroxylation sites is 2. The summed E-state index contributed by atoms with van der Waals surface area (Å²) in [5.74, 6) is 0. The van der Waals surface area contributed by atoms with Gasteiger partial charge in [0.25, 0.3) is 0 Å². The maximum absolute atomic E-state index is 2.42. The molecule has 0 bridgehead atoms. The average Bonchev–Trinajstić information content (AvgIpc) is 3.98. The number of nitrogens with zero attached hydrogens (tertiary/aromatic N) is 2. The SMILES string of the molecule is CCCCc1ccc2c(c1)sc1ccc(-c3ccc(-n4c5ccccc5c5cc(-c6ccc7c(c6)c6ccccc6n7-c6ccc(-c7ccccc7)cc6)ccc54)cc3)cc12. The molecule has 290 valence electrons. The molecule has 0 spiro atoms. The summed E-state index contributed by atoms with van der Waals surface area (Å²) in [5, 5.41) is 7.73. The van der Waals surface area contributed by atoms with Crippen LogP contribution in [0.3, 0.4) is 0 Å². The maximum atomic E-state index is 2.42. The van der Waals surface area contributed by atoms with Crippen molar-refractivity contribution in [3.8, 4) is 44.8 Å². The zero-order chi connectivity index (χ0) is 40.4. The van der Waals surface area contributed by atoms with Crippen LogP contribution in [0.1, 0.15) is 25.3 Å². The number of aryl methyl sites for hydroxylation is 1. The van der Waals surface area contributed by atoms with Gasteiger partial charge < -0.3 is 9.13 Å². The first-order chi connectivity index (χ1) is 30.2. The Balaban J connectivity index is 0.904. The monoisotopic (exact) mass is 798 g/mol. The van der Waals surface area contributed by atoms with Gasteiger partial charge in [-0.15, -0.1) is 11.3 Å². The van der Waals surface area contributed by atoms with Gasteiger partial charge in [0.1, 0.15) is 0 Å². The molecule has 12 rings (SSSR count). The molecule has 61 heavy (non-hydrogen) atoms. The molecule has 0 fully saturated rings. The summed E-state index contributed by atoms with van der Waals surface area (Å²) < 4.78 is 7.56. The van der Waals surface area contributed by atoms with E-state index in [1.165, 1.54) is 116 Å². The zero-order valence-electron chi connectivity index (χ0n) is 34.0. The van der Waals surface area contributed by atoms with Gasteiger partial charge >= 0.3 is 0 Å². The summed E-state index contributed by atoms with van der Waals surface area (Å²) in [6, 6.07) is 74.3. The van der Waals surface area contributed by atoms with Crippen LogP contribution in [0.4, 0.5) is 0 Å². The predicted octanol–water partition coefficient (Wildman–Crippen LogP) is 16.6. The zero-order valence-corrected chi connectivity index (χ0v) is 34.8. The van der Waals surface area contributed by atoms with E-state index in [-0.39, 0.29) is 0 Å². The quantitative estimate of drug-likeness (QED) is 0.145. The highest BCUT2D eigenvalue weighted by Crippen LogP contribution is 2.40. The van der Waals surface area contributed by atoms with Gasteiger partial charge in [-0.25, -0.2) is 0 Å². The van der Waals surface area contributed by atoms with Gasteiger partial charge in [0, 0.05) is 53.1 Å². The lowest BCUT2D eigenvalue weighted by molar-refractivity contribution is 0.796. The van der Waals surface area contributed by atoms with E-state index in [1.807, 2.05) is 11.3 Å². The van der Waals surface area contributed by atoms with Crippen LogP contribution in [-0.4, -0.2) is 9.13 Å². The molecule has 0 radical (unpaired) electrons. The fourth-order valence-electron chi connectivity index (χ4n) is 9.64. The van der Waals surface area contributed by atoms with Crippen LogP contribution in [0, 0.1) is 0 Å². The number of fused-ring (bicyclic) bond motifs is 9. The normalized spacial score (nSPS) is 11.9. The lowest BCUT2D eigenvalue weighted by Crippen LogP contribution is -1.94. The second-order valence-corrected chi connectivity index (χ2v) is 17.5. The number of thiophene rings is 1. The van der Waals surface area contributed by atoms with Crippen molar-refractivity contribution in [2.24, 2.45) is 0 Å². The number of hydrogen-bond acceptors (Lipinski definition) is 1. The fourth-order valence-corrected chi connectivity index (χ4v) is 10.8. The van der Waals surface area contributed by atoms with Crippen molar-refractivity contribution in [3.63, 3.8) is 0 Å². The summed E-state index contributed by atoms with van der Waals surface area (Å²) in [4.78, 5) is 0. The molecular formula is C58H42N2S. The van der Waals surface area contributed by atoms with Gasteiger partial charge in [-0.3, -0.25) is 0 Å². The highest BCUT2D eigenvalue weighted by molar-refractivity contribution is 7.25. The molecule has 0 saturated heterocycles. The summed E-state index contributed by atoms with van der Waals surface area (Å²) in [5.41, 5.74) is 16.0. The first-order valence-corrected chi connectivity index (χ1v) is 22.3. The van der Waals surface area contributed by atoms with Crippen LogP contribution in [0.2, 0.25) is 0 Å². The summed E-state index contributed by atoms with van der Waals surface area (Å²) in [7, 11) is 0. The van der Waals surface area contributed by atoms with Crippen LogP contribution >= 0.6 is 11.3 Å². The van der Waals surface area contributed by atoms with Gasteiger partial charge in [0.05, 0.1) is 22.1 Å². The minimum Gasteiger partial charge on any atom is -0.309 e. The van der Waals surface area contributed by atoms with Gasteiger partial charge in [-0.1, -0.05) is 135 Å².